The van der Waals surface area contributed by atoms with Crippen LogP contribution in [0.4, 0.5) is 0 Å². The molecule has 0 saturated carbocycles. The van der Waals surface area contributed by atoms with Crippen LogP contribution in [0.3, 0.4) is 0 Å². The third kappa shape index (κ3) is 3.67. The van der Waals surface area contributed by atoms with Crippen molar-refractivity contribution in [2.24, 2.45) is 5.16 Å². The van der Waals surface area contributed by atoms with Crippen molar-refractivity contribution in [3.05, 3.63) is 77.6 Å². The molecule has 5 rings (SSSR count). The number of hydrogen-bond donors (Lipinski definition) is 0. The molecule has 0 radical (unpaired) electrons. The second-order valence-electron chi connectivity index (χ2n) is 7.65. The van der Waals surface area contributed by atoms with Gasteiger partial charge in [0, 0.05) is 11.9 Å². The monoisotopic (exact) mass is 441 g/mol. The number of pyridine rings is 1. The van der Waals surface area contributed by atoms with E-state index in [-0.39, 0.29) is 6.61 Å². The molecule has 5 aromatic rings. The van der Waals surface area contributed by atoms with Gasteiger partial charge in [0.1, 0.15) is 17.9 Å². The first-order chi connectivity index (χ1) is 16.1. The van der Waals surface area contributed by atoms with Gasteiger partial charge in [0.25, 0.3) is 0 Å². The zero-order valence-electron chi connectivity index (χ0n) is 18.9. The largest absolute Gasteiger partial charge is 0.497 e. The average Bonchev–Trinajstić information content (AvgIpc) is 3.37. The zero-order valence-corrected chi connectivity index (χ0v) is 18.9. The summed E-state index contributed by atoms with van der Waals surface area (Å²) in [6, 6.07) is 13.5. The van der Waals surface area contributed by atoms with Gasteiger partial charge in [0.05, 0.1) is 18.2 Å². The van der Waals surface area contributed by atoms with Crippen molar-refractivity contribution in [2.45, 2.75) is 27.4 Å². The number of oxime groups is 1. The highest BCUT2D eigenvalue weighted by atomic mass is 16.6. The maximum Gasteiger partial charge on any atom is 0.192 e. The van der Waals surface area contributed by atoms with Crippen LogP contribution >= 0.6 is 0 Å². The molecule has 4 aromatic heterocycles. The number of ether oxygens (including phenoxy) is 1. The van der Waals surface area contributed by atoms with Gasteiger partial charge < -0.3 is 9.57 Å². The summed E-state index contributed by atoms with van der Waals surface area (Å²) in [7, 11) is 1.64. The molecule has 4 heterocycles. The van der Waals surface area contributed by atoms with E-state index in [1.807, 2.05) is 54.0 Å². The number of aromatic nitrogens is 6. The standard InChI is InChI=1S/C24H23N7O2/c1-15-17(3)31(21-7-5-6-12-25-21)23-22(15)24-27-20(28-30(24)14-26-23)13-33-29-16(2)18-8-10-19(32-4)11-9-18/h5-12,14H,13H2,1-4H3/b29-16+. The smallest absolute Gasteiger partial charge is 0.192 e. The molecule has 0 saturated heterocycles. The van der Waals surface area contributed by atoms with Gasteiger partial charge in [0.2, 0.25) is 0 Å². The van der Waals surface area contributed by atoms with E-state index in [0.717, 1.165) is 50.8 Å². The first-order valence-corrected chi connectivity index (χ1v) is 10.5. The quantitative estimate of drug-likeness (QED) is 0.292. The number of benzene rings is 1. The lowest BCUT2D eigenvalue weighted by Crippen LogP contribution is -2.01. The van der Waals surface area contributed by atoms with E-state index >= 15 is 0 Å². The Kier molecular flexibility index (Phi) is 5.21. The van der Waals surface area contributed by atoms with Crippen LogP contribution in [0, 0.1) is 13.8 Å². The predicted octanol–water partition coefficient (Wildman–Crippen LogP) is 4.03. The summed E-state index contributed by atoms with van der Waals surface area (Å²) in [4.78, 5) is 19.4. The molecule has 33 heavy (non-hydrogen) atoms. The molecule has 0 aliphatic rings. The molecule has 0 spiro atoms. The first-order valence-electron chi connectivity index (χ1n) is 10.5. The highest BCUT2D eigenvalue weighted by Crippen LogP contribution is 2.29. The number of methoxy groups -OCH3 is 1. The molecular formula is C24H23N7O2. The molecule has 0 fully saturated rings. The van der Waals surface area contributed by atoms with Gasteiger partial charge in [-0.2, -0.15) is 0 Å². The van der Waals surface area contributed by atoms with Gasteiger partial charge in [0.15, 0.2) is 23.7 Å². The van der Waals surface area contributed by atoms with E-state index in [1.165, 1.54) is 0 Å². The molecule has 166 valence electrons. The first kappa shape index (κ1) is 20.6. The molecule has 0 N–H and O–H groups in total. The van der Waals surface area contributed by atoms with Gasteiger partial charge in [-0.1, -0.05) is 11.2 Å². The van der Waals surface area contributed by atoms with Gasteiger partial charge in [-0.25, -0.2) is 19.5 Å². The Hall–Kier alpha value is -4.27. The van der Waals surface area contributed by atoms with Crippen LogP contribution < -0.4 is 4.74 Å². The van der Waals surface area contributed by atoms with Crippen molar-refractivity contribution in [1.82, 2.24) is 29.1 Å². The Bertz CT molecular complexity index is 1470. The Morgan fingerprint density at radius 1 is 1.03 bits per heavy atom. The number of aryl methyl sites for hydroxylation is 1. The van der Waals surface area contributed by atoms with Gasteiger partial charge in [-0.3, -0.25) is 4.57 Å². The fourth-order valence-electron chi connectivity index (χ4n) is 3.80. The maximum absolute atomic E-state index is 5.55. The molecule has 0 amide bonds. The molecular weight excluding hydrogens is 418 g/mol. The fraction of sp³-hybridized carbons (Fsp3) is 0.208. The van der Waals surface area contributed by atoms with Gasteiger partial charge in [-0.05, 0) is 68.3 Å². The van der Waals surface area contributed by atoms with Crippen LogP contribution in [0.2, 0.25) is 0 Å². The Balaban J connectivity index is 1.44. The Labute approximate surface area is 190 Å². The van der Waals surface area contributed by atoms with Crippen molar-refractivity contribution in [1.29, 1.82) is 0 Å². The molecule has 0 aliphatic carbocycles. The minimum atomic E-state index is 0.148. The topological polar surface area (TPSA) is 91.7 Å². The molecule has 0 atom stereocenters. The highest BCUT2D eigenvalue weighted by Gasteiger charge is 2.19. The number of fused-ring (bicyclic) bond motifs is 3. The Morgan fingerprint density at radius 3 is 2.58 bits per heavy atom. The second-order valence-corrected chi connectivity index (χ2v) is 7.65. The van der Waals surface area contributed by atoms with E-state index < -0.39 is 0 Å². The van der Waals surface area contributed by atoms with Crippen molar-refractivity contribution in [2.75, 3.05) is 7.11 Å². The molecule has 1 aromatic carbocycles. The summed E-state index contributed by atoms with van der Waals surface area (Å²) >= 11 is 0. The van der Waals surface area contributed by atoms with E-state index in [4.69, 9.17) is 14.6 Å². The molecule has 9 heteroatoms. The summed E-state index contributed by atoms with van der Waals surface area (Å²) in [6.07, 6.45) is 3.44. The lowest BCUT2D eigenvalue weighted by Gasteiger charge is -2.05. The van der Waals surface area contributed by atoms with Crippen LogP contribution in [-0.4, -0.2) is 42.0 Å². The van der Waals surface area contributed by atoms with E-state index in [0.29, 0.717) is 5.82 Å². The van der Waals surface area contributed by atoms with Crippen LogP contribution in [0.5, 0.6) is 5.75 Å². The third-order valence-corrected chi connectivity index (χ3v) is 5.66. The summed E-state index contributed by atoms with van der Waals surface area (Å²) in [5.74, 6) is 2.14. The molecule has 0 unspecified atom stereocenters. The second kappa shape index (κ2) is 8.34. The van der Waals surface area contributed by atoms with Gasteiger partial charge >= 0.3 is 0 Å². The summed E-state index contributed by atoms with van der Waals surface area (Å²) in [5.41, 5.74) is 5.37. The van der Waals surface area contributed by atoms with Crippen molar-refractivity contribution in [3.63, 3.8) is 0 Å². The van der Waals surface area contributed by atoms with Crippen LogP contribution in [-0.2, 0) is 11.4 Å². The average molecular weight is 441 g/mol. The minimum absolute atomic E-state index is 0.148. The van der Waals surface area contributed by atoms with Crippen LogP contribution in [0.1, 0.15) is 29.6 Å². The van der Waals surface area contributed by atoms with Crippen LogP contribution in [0.15, 0.2) is 60.1 Å². The zero-order chi connectivity index (χ0) is 22.9. The number of rotatable bonds is 6. The Morgan fingerprint density at radius 2 is 1.85 bits per heavy atom. The normalized spacial score (nSPS) is 11.9. The lowest BCUT2D eigenvalue weighted by atomic mass is 10.1. The van der Waals surface area contributed by atoms with E-state index in [9.17, 15) is 0 Å². The van der Waals surface area contributed by atoms with E-state index in [1.54, 1.807) is 24.1 Å². The predicted molar refractivity (Wildman–Crippen MR) is 125 cm³/mol. The number of nitrogens with zero attached hydrogens (tertiary/aromatic N) is 7. The summed E-state index contributed by atoms with van der Waals surface area (Å²) in [5, 5.41) is 9.67. The maximum atomic E-state index is 5.55. The van der Waals surface area contributed by atoms with Gasteiger partial charge in [-0.15, -0.1) is 5.10 Å². The minimum Gasteiger partial charge on any atom is -0.497 e. The van der Waals surface area contributed by atoms with Crippen LogP contribution in [0.25, 0.3) is 22.5 Å². The highest BCUT2D eigenvalue weighted by molar-refractivity contribution is 5.98. The third-order valence-electron chi connectivity index (χ3n) is 5.66. The lowest BCUT2D eigenvalue weighted by molar-refractivity contribution is 0.125. The molecule has 0 bridgehead atoms. The summed E-state index contributed by atoms with van der Waals surface area (Å²) < 4.78 is 8.91. The van der Waals surface area contributed by atoms with E-state index in [2.05, 4.69) is 34.1 Å². The van der Waals surface area contributed by atoms with Crippen molar-refractivity contribution >= 4 is 22.4 Å². The molecule has 0 aliphatic heterocycles. The van der Waals surface area contributed by atoms with Crippen molar-refractivity contribution < 1.29 is 9.57 Å². The molecule has 9 nitrogen and oxygen atoms in total. The SMILES string of the molecule is COc1ccc(/C(C)=N/OCc2nc3c4c(C)c(C)n(-c5ccccn5)c4ncn3n2)cc1. The van der Waals surface area contributed by atoms with Crippen molar-refractivity contribution in [3.8, 4) is 11.6 Å². The summed E-state index contributed by atoms with van der Waals surface area (Å²) in [6.45, 7) is 6.15. The fourth-order valence-corrected chi connectivity index (χ4v) is 3.80. The number of hydrogen-bond acceptors (Lipinski definition) is 7.